The molecule has 0 bridgehead atoms. The van der Waals surface area contributed by atoms with Gasteiger partial charge in [-0.1, -0.05) is 26.7 Å². The van der Waals surface area contributed by atoms with Gasteiger partial charge in [0.1, 0.15) is 0 Å². The van der Waals surface area contributed by atoms with E-state index in [1.165, 1.54) is 6.20 Å². The van der Waals surface area contributed by atoms with Gasteiger partial charge in [0.15, 0.2) is 5.03 Å². The largest absolute Gasteiger partial charge is 0.396 e. The van der Waals surface area contributed by atoms with Crippen LogP contribution in [-0.2, 0) is 10.0 Å². The summed E-state index contributed by atoms with van der Waals surface area (Å²) in [5.74, 6) is 0.857. The van der Waals surface area contributed by atoms with E-state index in [9.17, 15) is 8.42 Å². The van der Waals surface area contributed by atoms with Crippen LogP contribution in [-0.4, -0.2) is 19.4 Å². The van der Waals surface area contributed by atoms with Crippen molar-refractivity contribution in [2.45, 2.75) is 44.2 Å². The first-order chi connectivity index (χ1) is 8.92. The fraction of sp³-hybridized carbons (Fsp3) is 0.615. The van der Waals surface area contributed by atoms with E-state index in [2.05, 4.69) is 23.6 Å². The lowest BCUT2D eigenvalue weighted by Gasteiger charge is -2.34. The molecule has 1 aromatic heterocycles. The van der Waals surface area contributed by atoms with Gasteiger partial charge in [-0.3, -0.25) is 0 Å². The Kier molecular flexibility index (Phi) is 4.10. The van der Waals surface area contributed by atoms with Crippen molar-refractivity contribution in [2.75, 3.05) is 5.73 Å². The summed E-state index contributed by atoms with van der Waals surface area (Å²) in [7, 11) is -3.63. The molecule has 0 radical (unpaired) electrons. The first kappa shape index (κ1) is 14.3. The van der Waals surface area contributed by atoms with E-state index >= 15 is 0 Å². The van der Waals surface area contributed by atoms with Crippen LogP contribution in [0.15, 0.2) is 23.4 Å². The number of nitrogen functional groups attached to an aromatic ring is 1. The number of anilines is 1. The molecule has 1 aliphatic carbocycles. The number of rotatable bonds is 3. The second-order valence-electron chi connectivity index (χ2n) is 5.39. The van der Waals surface area contributed by atoms with Gasteiger partial charge in [-0.25, -0.2) is 18.1 Å². The van der Waals surface area contributed by atoms with Crippen LogP contribution < -0.4 is 10.5 Å². The van der Waals surface area contributed by atoms with Crippen molar-refractivity contribution in [2.24, 2.45) is 11.8 Å². The smallest absolute Gasteiger partial charge is 0.260 e. The molecule has 2 rings (SSSR count). The second kappa shape index (κ2) is 5.46. The van der Waals surface area contributed by atoms with Crippen molar-refractivity contribution in [3.05, 3.63) is 18.3 Å². The van der Waals surface area contributed by atoms with E-state index < -0.39 is 10.0 Å². The minimum absolute atomic E-state index is 0.0323. The van der Waals surface area contributed by atoms with Gasteiger partial charge in [0.05, 0.1) is 5.69 Å². The van der Waals surface area contributed by atoms with E-state index in [1.807, 2.05) is 0 Å². The fourth-order valence-corrected chi connectivity index (χ4v) is 4.05. The van der Waals surface area contributed by atoms with E-state index in [0.29, 0.717) is 11.8 Å². The highest BCUT2D eigenvalue weighted by atomic mass is 32.2. The van der Waals surface area contributed by atoms with Gasteiger partial charge in [-0.05, 0) is 30.4 Å². The zero-order valence-electron chi connectivity index (χ0n) is 11.3. The average molecular weight is 283 g/mol. The molecule has 5 nitrogen and oxygen atoms in total. The number of sulfonamides is 1. The molecule has 1 heterocycles. The van der Waals surface area contributed by atoms with Gasteiger partial charge in [-0.15, -0.1) is 0 Å². The summed E-state index contributed by atoms with van der Waals surface area (Å²) in [6.07, 6.45) is 4.52. The molecule has 0 spiro atoms. The van der Waals surface area contributed by atoms with Gasteiger partial charge in [-0.2, -0.15) is 0 Å². The van der Waals surface area contributed by atoms with E-state index in [-0.39, 0.29) is 16.8 Å². The van der Waals surface area contributed by atoms with Crippen LogP contribution >= 0.6 is 0 Å². The van der Waals surface area contributed by atoms with E-state index in [1.54, 1.807) is 12.1 Å². The topological polar surface area (TPSA) is 85.1 Å². The summed E-state index contributed by atoms with van der Waals surface area (Å²) in [6.45, 7) is 4.26. The summed E-state index contributed by atoms with van der Waals surface area (Å²) in [5, 5.41) is -0.0690. The molecule has 0 aromatic carbocycles. The molecular weight excluding hydrogens is 262 g/mol. The van der Waals surface area contributed by atoms with E-state index in [4.69, 9.17) is 5.73 Å². The molecule has 0 saturated heterocycles. The zero-order valence-corrected chi connectivity index (χ0v) is 12.2. The third kappa shape index (κ3) is 3.06. The number of pyridine rings is 1. The molecule has 1 fully saturated rings. The number of nitrogens with two attached hydrogens (primary N) is 1. The van der Waals surface area contributed by atoms with Crippen molar-refractivity contribution in [1.82, 2.24) is 9.71 Å². The summed E-state index contributed by atoms with van der Waals surface area (Å²) in [6, 6.07) is 3.14. The Labute approximate surface area is 114 Å². The summed E-state index contributed by atoms with van der Waals surface area (Å²) >= 11 is 0. The van der Waals surface area contributed by atoms with Crippen molar-refractivity contribution < 1.29 is 8.42 Å². The zero-order chi connectivity index (χ0) is 14.0. The molecule has 1 saturated carbocycles. The van der Waals surface area contributed by atoms with Crippen molar-refractivity contribution in [1.29, 1.82) is 0 Å². The van der Waals surface area contributed by atoms with Crippen LogP contribution in [0, 0.1) is 11.8 Å². The van der Waals surface area contributed by atoms with Crippen LogP contribution in [0.25, 0.3) is 0 Å². The molecule has 1 aromatic rings. The molecular formula is C13H21N3O2S. The van der Waals surface area contributed by atoms with Gasteiger partial charge >= 0.3 is 0 Å². The first-order valence-corrected chi connectivity index (χ1v) is 8.13. The molecule has 0 amide bonds. The maximum absolute atomic E-state index is 12.3. The predicted octanol–water partition coefficient (Wildman–Crippen LogP) is 1.77. The number of hydrogen-bond acceptors (Lipinski definition) is 4. The lowest BCUT2D eigenvalue weighted by atomic mass is 9.78. The quantitative estimate of drug-likeness (QED) is 0.885. The first-order valence-electron chi connectivity index (χ1n) is 6.64. The second-order valence-corrected chi connectivity index (χ2v) is 7.02. The Bertz CT molecular complexity index is 545. The monoisotopic (exact) mass is 283 g/mol. The SMILES string of the molecule is CC1CCCC(NS(=O)(=O)c2ncccc2N)C1C. The number of nitrogens with zero attached hydrogens (tertiary/aromatic N) is 1. The molecule has 3 N–H and O–H groups in total. The molecule has 106 valence electrons. The molecule has 6 heteroatoms. The third-order valence-electron chi connectivity index (χ3n) is 4.07. The molecule has 3 atom stereocenters. The Balaban J connectivity index is 2.20. The van der Waals surface area contributed by atoms with Crippen LogP contribution in [0.2, 0.25) is 0 Å². The van der Waals surface area contributed by atoms with Crippen LogP contribution in [0.5, 0.6) is 0 Å². The highest BCUT2D eigenvalue weighted by Gasteiger charge is 2.31. The maximum Gasteiger partial charge on any atom is 0.260 e. The predicted molar refractivity (Wildman–Crippen MR) is 74.9 cm³/mol. The minimum Gasteiger partial charge on any atom is -0.396 e. The fourth-order valence-electron chi connectivity index (χ4n) is 2.63. The number of nitrogens with one attached hydrogen (secondary N) is 1. The van der Waals surface area contributed by atoms with Crippen LogP contribution in [0.1, 0.15) is 33.1 Å². The highest BCUT2D eigenvalue weighted by molar-refractivity contribution is 7.89. The molecule has 19 heavy (non-hydrogen) atoms. The minimum atomic E-state index is -3.63. The Hall–Kier alpha value is -1.14. The Morgan fingerprint density at radius 1 is 1.37 bits per heavy atom. The lowest BCUT2D eigenvalue weighted by Crippen LogP contribution is -2.43. The van der Waals surface area contributed by atoms with E-state index in [0.717, 1.165) is 19.3 Å². The van der Waals surface area contributed by atoms with Crippen molar-refractivity contribution in [3.63, 3.8) is 0 Å². The summed E-state index contributed by atoms with van der Waals surface area (Å²) in [5.41, 5.74) is 5.88. The van der Waals surface area contributed by atoms with Crippen molar-refractivity contribution >= 4 is 15.7 Å². The molecule has 0 aliphatic heterocycles. The van der Waals surface area contributed by atoms with Crippen molar-refractivity contribution in [3.8, 4) is 0 Å². The summed E-state index contributed by atoms with van der Waals surface area (Å²) in [4.78, 5) is 3.88. The molecule has 3 unspecified atom stereocenters. The normalized spacial score (nSPS) is 28.2. The summed E-state index contributed by atoms with van der Waals surface area (Å²) < 4.78 is 27.4. The Morgan fingerprint density at radius 3 is 2.79 bits per heavy atom. The number of hydrogen-bond donors (Lipinski definition) is 2. The highest BCUT2D eigenvalue weighted by Crippen LogP contribution is 2.30. The van der Waals surface area contributed by atoms with Gasteiger partial charge in [0, 0.05) is 12.2 Å². The lowest BCUT2D eigenvalue weighted by molar-refractivity contribution is 0.227. The third-order valence-corrected chi connectivity index (χ3v) is 5.53. The average Bonchev–Trinajstić information content (AvgIpc) is 2.35. The maximum atomic E-state index is 12.3. The number of aromatic nitrogens is 1. The van der Waals surface area contributed by atoms with Crippen LogP contribution in [0.3, 0.4) is 0 Å². The van der Waals surface area contributed by atoms with Gasteiger partial charge < -0.3 is 5.73 Å². The Morgan fingerprint density at radius 2 is 2.11 bits per heavy atom. The standard InChI is InChI=1S/C13H21N3O2S/c1-9-5-3-7-12(10(9)2)16-19(17,18)13-11(14)6-4-8-15-13/h4,6,8-10,12,16H,3,5,7,14H2,1-2H3. The van der Waals surface area contributed by atoms with Crippen LogP contribution in [0.4, 0.5) is 5.69 Å². The molecule has 1 aliphatic rings. The van der Waals surface area contributed by atoms with Gasteiger partial charge in [0.2, 0.25) is 0 Å². The van der Waals surface area contributed by atoms with Gasteiger partial charge in [0.25, 0.3) is 10.0 Å².